The molecular formula is C26H23FN6O2. The van der Waals surface area contributed by atoms with Crippen molar-refractivity contribution in [3.8, 4) is 28.4 Å². The number of hydrogen-bond acceptors (Lipinski definition) is 7. The molecule has 0 unspecified atom stereocenters. The number of methoxy groups -OCH3 is 2. The van der Waals surface area contributed by atoms with Crippen molar-refractivity contribution in [1.29, 1.82) is 0 Å². The molecule has 3 N–H and O–H groups in total. The Balaban J connectivity index is 1.67. The summed E-state index contributed by atoms with van der Waals surface area (Å²) in [5.41, 5.74) is 9.76. The minimum atomic E-state index is -0.391. The Morgan fingerprint density at radius 2 is 1.71 bits per heavy atom. The van der Waals surface area contributed by atoms with Gasteiger partial charge < -0.3 is 20.5 Å². The van der Waals surface area contributed by atoms with Crippen LogP contribution in [0.5, 0.6) is 11.5 Å². The molecule has 8 nitrogen and oxygen atoms in total. The van der Waals surface area contributed by atoms with E-state index in [1.807, 2.05) is 42.5 Å². The van der Waals surface area contributed by atoms with Gasteiger partial charge in [0, 0.05) is 12.1 Å². The van der Waals surface area contributed by atoms with E-state index in [0.29, 0.717) is 52.2 Å². The first kappa shape index (κ1) is 22.1. The molecule has 0 saturated heterocycles. The van der Waals surface area contributed by atoms with Crippen molar-refractivity contribution in [2.75, 3.05) is 25.3 Å². The average Bonchev–Trinajstić information content (AvgIpc) is 3.23. The van der Waals surface area contributed by atoms with E-state index < -0.39 is 5.82 Å². The molecule has 3 aromatic carbocycles. The monoisotopic (exact) mass is 470 g/mol. The molecule has 5 aromatic rings. The molecule has 0 spiro atoms. The number of fused-ring (bicyclic) bond motifs is 1. The number of aromatic nitrogens is 4. The molecule has 2 heterocycles. The van der Waals surface area contributed by atoms with E-state index in [1.165, 1.54) is 16.8 Å². The van der Waals surface area contributed by atoms with Crippen molar-refractivity contribution in [2.45, 2.75) is 6.54 Å². The van der Waals surface area contributed by atoms with Crippen LogP contribution in [-0.2, 0) is 6.54 Å². The Hall–Kier alpha value is -4.66. The molecule has 0 radical (unpaired) electrons. The lowest BCUT2D eigenvalue weighted by atomic mass is 10.1. The van der Waals surface area contributed by atoms with Crippen LogP contribution in [0.2, 0.25) is 0 Å². The number of nitrogens with two attached hydrogens (primary N) is 1. The molecule has 9 heteroatoms. The quantitative estimate of drug-likeness (QED) is 0.351. The summed E-state index contributed by atoms with van der Waals surface area (Å²) in [5, 5.41) is 8.39. The van der Waals surface area contributed by atoms with Crippen LogP contribution < -0.4 is 20.5 Å². The first-order valence-electron chi connectivity index (χ1n) is 10.9. The van der Waals surface area contributed by atoms with E-state index in [4.69, 9.17) is 20.2 Å². The molecule has 0 fully saturated rings. The highest BCUT2D eigenvalue weighted by Crippen LogP contribution is 2.37. The molecule has 35 heavy (non-hydrogen) atoms. The Bertz CT molecular complexity index is 1500. The zero-order valence-electron chi connectivity index (χ0n) is 19.2. The second-order valence-electron chi connectivity index (χ2n) is 7.78. The van der Waals surface area contributed by atoms with Gasteiger partial charge in [-0.15, -0.1) is 5.10 Å². The normalized spacial score (nSPS) is 10.9. The maximum Gasteiger partial charge on any atom is 0.225 e. The highest BCUT2D eigenvalue weighted by molar-refractivity contribution is 5.99. The Morgan fingerprint density at radius 3 is 2.46 bits per heavy atom. The van der Waals surface area contributed by atoms with Gasteiger partial charge in [0.05, 0.1) is 31.0 Å². The summed E-state index contributed by atoms with van der Waals surface area (Å²) in [7, 11) is 3.15. The number of nitrogens with zero attached hydrogens (tertiary/aromatic N) is 4. The van der Waals surface area contributed by atoms with Crippen molar-refractivity contribution < 1.29 is 13.9 Å². The van der Waals surface area contributed by atoms with Gasteiger partial charge in [0.25, 0.3) is 0 Å². The van der Waals surface area contributed by atoms with E-state index in [1.54, 1.807) is 32.4 Å². The number of nitrogens with one attached hydrogen (secondary N) is 1. The molecule has 0 amide bonds. The smallest absolute Gasteiger partial charge is 0.225 e. The second-order valence-corrected chi connectivity index (χ2v) is 7.78. The van der Waals surface area contributed by atoms with Crippen LogP contribution in [0.25, 0.3) is 28.0 Å². The predicted molar refractivity (Wildman–Crippen MR) is 133 cm³/mol. The van der Waals surface area contributed by atoms with Gasteiger partial charge in [-0.05, 0) is 42.0 Å². The third kappa shape index (κ3) is 4.31. The topological polar surface area (TPSA) is 100 Å². The number of nitrogen functional groups attached to an aromatic ring is 1. The summed E-state index contributed by atoms with van der Waals surface area (Å²) < 4.78 is 26.2. The highest BCUT2D eigenvalue weighted by Gasteiger charge is 2.20. The van der Waals surface area contributed by atoms with Crippen LogP contribution >= 0.6 is 0 Å². The van der Waals surface area contributed by atoms with E-state index in [-0.39, 0.29) is 0 Å². The Kier molecular flexibility index (Phi) is 5.88. The van der Waals surface area contributed by atoms with Crippen molar-refractivity contribution in [1.82, 2.24) is 19.7 Å². The number of anilines is 2. The standard InChI is InChI=1S/C26H23FN6O2/c1-34-20-12-11-17(13-21(20)35-2)23-22-24(28)33(19-10-6-9-18(27)14-19)32-25(22)31-26(30-23)29-15-16-7-4-3-5-8-16/h3-14H,15,28H2,1-2H3,(H,29,31,32). The van der Waals surface area contributed by atoms with Gasteiger partial charge in [-0.3, -0.25) is 0 Å². The van der Waals surface area contributed by atoms with Gasteiger partial charge in [0.2, 0.25) is 5.95 Å². The third-order valence-corrected chi connectivity index (χ3v) is 5.57. The van der Waals surface area contributed by atoms with Gasteiger partial charge in [0.15, 0.2) is 17.1 Å². The van der Waals surface area contributed by atoms with Gasteiger partial charge in [0.1, 0.15) is 11.6 Å². The minimum absolute atomic E-state index is 0.296. The Morgan fingerprint density at radius 1 is 0.914 bits per heavy atom. The first-order valence-corrected chi connectivity index (χ1v) is 10.9. The van der Waals surface area contributed by atoms with Crippen molar-refractivity contribution in [3.05, 3.63) is 84.2 Å². The summed E-state index contributed by atoms with van der Waals surface area (Å²) in [6.45, 7) is 0.526. The second kappa shape index (κ2) is 9.30. The fraction of sp³-hybridized carbons (Fsp3) is 0.115. The van der Waals surface area contributed by atoms with Crippen LogP contribution in [0.4, 0.5) is 16.2 Å². The molecule has 176 valence electrons. The number of ether oxygens (including phenoxy) is 2. The fourth-order valence-electron chi connectivity index (χ4n) is 3.86. The molecule has 0 bridgehead atoms. The molecule has 0 aliphatic heterocycles. The summed E-state index contributed by atoms with van der Waals surface area (Å²) in [4.78, 5) is 9.37. The number of benzene rings is 3. The lowest BCUT2D eigenvalue weighted by molar-refractivity contribution is 0.355. The van der Waals surface area contributed by atoms with E-state index >= 15 is 0 Å². The van der Waals surface area contributed by atoms with Gasteiger partial charge in [-0.2, -0.15) is 4.98 Å². The van der Waals surface area contributed by atoms with Crippen molar-refractivity contribution in [3.63, 3.8) is 0 Å². The number of hydrogen-bond donors (Lipinski definition) is 2. The molecule has 0 aliphatic carbocycles. The molecular weight excluding hydrogens is 447 g/mol. The third-order valence-electron chi connectivity index (χ3n) is 5.57. The molecule has 0 aliphatic rings. The van der Waals surface area contributed by atoms with Crippen molar-refractivity contribution >= 4 is 22.8 Å². The van der Waals surface area contributed by atoms with E-state index in [0.717, 1.165) is 11.1 Å². The van der Waals surface area contributed by atoms with Gasteiger partial charge in [-0.25, -0.2) is 14.1 Å². The predicted octanol–water partition coefficient (Wildman–Crippen LogP) is 4.83. The van der Waals surface area contributed by atoms with Crippen molar-refractivity contribution in [2.24, 2.45) is 0 Å². The van der Waals surface area contributed by atoms with Crippen LogP contribution in [0.15, 0.2) is 72.8 Å². The maximum atomic E-state index is 13.9. The number of halogens is 1. The molecule has 5 rings (SSSR count). The van der Waals surface area contributed by atoms with Crippen LogP contribution in [0.3, 0.4) is 0 Å². The largest absolute Gasteiger partial charge is 0.493 e. The van der Waals surface area contributed by atoms with Gasteiger partial charge in [-0.1, -0.05) is 36.4 Å². The molecule has 2 aromatic heterocycles. The Labute approximate surface area is 201 Å². The van der Waals surface area contributed by atoms with E-state index in [9.17, 15) is 4.39 Å². The first-order chi connectivity index (χ1) is 17.1. The van der Waals surface area contributed by atoms with Crippen LogP contribution in [-0.4, -0.2) is 34.0 Å². The van der Waals surface area contributed by atoms with Crippen LogP contribution in [0, 0.1) is 5.82 Å². The summed E-state index contributed by atoms with van der Waals surface area (Å²) in [6, 6.07) is 21.5. The maximum absolute atomic E-state index is 13.9. The highest BCUT2D eigenvalue weighted by atomic mass is 19.1. The minimum Gasteiger partial charge on any atom is -0.493 e. The SMILES string of the molecule is COc1ccc(-c2nc(NCc3ccccc3)nc3nn(-c4cccc(F)c4)c(N)c23)cc1OC. The lowest BCUT2D eigenvalue weighted by Crippen LogP contribution is -2.05. The molecule has 0 saturated carbocycles. The lowest BCUT2D eigenvalue weighted by Gasteiger charge is -2.12. The van der Waals surface area contributed by atoms with Gasteiger partial charge >= 0.3 is 0 Å². The average molecular weight is 471 g/mol. The zero-order valence-corrected chi connectivity index (χ0v) is 19.2. The summed E-state index contributed by atoms with van der Waals surface area (Å²) >= 11 is 0. The fourth-order valence-corrected chi connectivity index (χ4v) is 3.86. The summed E-state index contributed by atoms with van der Waals surface area (Å²) in [5.74, 6) is 1.43. The summed E-state index contributed by atoms with van der Waals surface area (Å²) in [6.07, 6.45) is 0. The van der Waals surface area contributed by atoms with Crippen LogP contribution in [0.1, 0.15) is 5.56 Å². The zero-order chi connectivity index (χ0) is 24.4. The molecule has 0 atom stereocenters. The van der Waals surface area contributed by atoms with E-state index in [2.05, 4.69) is 15.4 Å². The number of rotatable bonds is 7.